The first kappa shape index (κ1) is 8.99. The largest absolute Gasteiger partial charge is 0.336 e. The van der Waals surface area contributed by atoms with Crippen LogP contribution in [-0.2, 0) is 0 Å². The topological polar surface area (TPSA) is 77.0 Å². The van der Waals surface area contributed by atoms with Gasteiger partial charge in [-0.25, -0.2) is 0 Å². The molecule has 0 bridgehead atoms. The molecule has 5 heteroatoms. The second-order valence-electron chi connectivity index (χ2n) is 2.83. The van der Waals surface area contributed by atoms with E-state index in [1.807, 2.05) is 13.8 Å². The van der Waals surface area contributed by atoms with Crippen LogP contribution in [0.25, 0.3) is 0 Å². The number of aromatic nitrogens is 2. The Morgan fingerprint density at radius 3 is 2.83 bits per heavy atom. The summed E-state index contributed by atoms with van der Waals surface area (Å²) >= 11 is 0. The standard InChI is InChI=1S/C7H14N4O/c1-5(2)6-10-7(12-11-6)9-4-3-8/h5H,3-4,8H2,1-2H3,(H,9,10,11). The van der Waals surface area contributed by atoms with E-state index in [1.54, 1.807) is 0 Å². The molecule has 1 aromatic rings. The minimum atomic E-state index is 0.294. The highest BCUT2D eigenvalue weighted by Gasteiger charge is 2.07. The quantitative estimate of drug-likeness (QED) is 0.690. The van der Waals surface area contributed by atoms with Crippen LogP contribution in [0.15, 0.2) is 4.52 Å². The van der Waals surface area contributed by atoms with Crippen LogP contribution in [0, 0.1) is 0 Å². The van der Waals surface area contributed by atoms with E-state index < -0.39 is 0 Å². The zero-order valence-electron chi connectivity index (χ0n) is 7.37. The molecule has 0 fully saturated rings. The van der Waals surface area contributed by atoms with Crippen molar-refractivity contribution in [3.05, 3.63) is 5.82 Å². The molecule has 0 saturated heterocycles. The molecule has 0 saturated carbocycles. The molecule has 0 aliphatic carbocycles. The molecule has 0 atom stereocenters. The minimum absolute atomic E-state index is 0.294. The second-order valence-corrected chi connectivity index (χ2v) is 2.83. The van der Waals surface area contributed by atoms with E-state index in [-0.39, 0.29) is 0 Å². The van der Waals surface area contributed by atoms with Crippen LogP contribution < -0.4 is 11.1 Å². The third-order valence-electron chi connectivity index (χ3n) is 1.38. The molecule has 0 amide bonds. The maximum absolute atomic E-state index is 5.29. The highest BCUT2D eigenvalue weighted by atomic mass is 16.5. The lowest BCUT2D eigenvalue weighted by Gasteiger charge is -1.95. The maximum atomic E-state index is 5.29. The van der Waals surface area contributed by atoms with Crippen molar-refractivity contribution in [1.29, 1.82) is 0 Å². The van der Waals surface area contributed by atoms with Gasteiger partial charge in [0.25, 0.3) is 0 Å². The SMILES string of the molecule is CC(C)c1noc(NCCN)n1. The Balaban J connectivity index is 2.52. The van der Waals surface area contributed by atoms with E-state index in [0.717, 1.165) is 5.82 Å². The Kier molecular flexibility index (Phi) is 3.04. The highest BCUT2D eigenvalue weighted by Crippen LogP contribution is 2.11. The van der Waals surface area contributed by atoms with Gasteiger partial charge in [0.15, 0.2) is 5.82 Å². The molecule has 0 aliphatic heterocycles. The lowest BCUT2D eigenvalue weighted by atomic mass is 10.2. The number of rotatable bonds is 4. The summed E-state index contributed by atoms with van der Waals surface area (Å²) in [6, 6.07) is 0.448. The van der Waals surface area contributed by atoms with Crippen molar-refractivity contribution in [2.75, 3.05) is 18.4 Å². The van der Waals surface area contributed by atoms with Gasteiger partial charge < -0.3 is 15.6 Å². The van der Waals surface area contributed by atoms with Gasteiger partial charge in [-0.1, -0.05) is 19.0 Å². The number of anilines is 1. The first-order chi connectivity index (χ1) is 5.74. The smallest absolute Gasteiger partial charge is 0.321 e. The van der Waals surface area contributed by atoms with Crippen LogP contribution in [0.3, 0.4) is 0 Å². The molecule has 1 rings (SSSR count). The molecule has 1 aromatic heterocycles. The third kappa shape index (κ3) is 2.20. The van der Waals surface area contributed by atoms with E-state index >= 15 is 0 Å². The molecule has 68 valence electrons. The zero-order valence-corrected chi connectivity index (χ0v) is 7.37. The molecule has 0 spiro atoms. The van der Waals surface area contributed by atoms with Crippen LogP contribution in [0.2, 0.25) is 0 Å². The van der Waals surface area contributed by atoms with Gasteiger partial charge >= 0.3 is 6.01 Å². The monoisotopic (exact) mass is 170 g/mol. The van der Waals surface area contributed by atoms with Gasteiger partial charge in [0.05, 0.1) is 0 Å². The maximum Gasteiger partial charge on any atom is 0.321 e. The zero-order chi connectivity index (χ0) is 8.97. The van der Waals surface area contributed by atoms with E-state index in [0.29, 0.717) is 25.0 Å². The number of hydrogen-bond acceptors (Lipinski definition) is 5. The van der Waals surface area contributed by atoms with Crippen molar-refractivity contribution in [2.45, 2.75) is 19.8 Å². The molecule has 0 aromatic carbocycles. The summed E-state index contributed by atoms with van der Waals surface area (Å²) in [6.45, 7) is 5.23. The fourth-order valence-electron chi connectivity index (χ4n) is 0.720. The van der Waals surface area contributed by atoms with Crippen LogP contribution >= 0.6 is 0 Å². The fourth-order valence-corrected chi connectivity index (χ4v) is 0.720. The van der Waals surface area contributed by atoms with Crippen molar-refractivity contribution in [3.8, 4) is 0 Å². The van der Waals surface area contributed by atoms with E-state index in [2.05, 4.69) is 15.5 Å². The van der Waals surface area contributed by atoms with Gasteiger partial charge in [0.2, 0.25) is 0 Å². The molecule has 12 heavy (non-hydrogen) atoms. The second kappa shape index (κ2) is 4.06. The molecule has 3 N–H and O–H groups in total. The molecule has 0 unspecified atom stereocenters. The summed E-state index contributed by atoms with van der Waals surface area (Å²) in [4.78, 5) is 4.10. The first-order valence-electron chi connectivity index (χ1n) is 4.01. The summed E-state index contributed by atoms with van der Waals surface area (Å²) < 4.78 is 4.90. The predicted molar refractivity (Wildman–Crippen MR) is 45.9 cm³/mol. The Bertz CT molecular complexity index is 233. The summed E-state index contributed by atoms with van der Waals surface area (Å²) in [5.74, 6) is 1.01. The average molecular weight is 170 g/mol. The molecular formula is C7H14N4O. The number of nitrogens with zero attached hydrogens (tertiary/aromatic N) is 2. The normalized spacial score (nSPS) is 10.7. The Morgan fingerprint density at radius 2 is 2.33 bits per heavy atom. The molecule has 0 radical (unpaired) electrons. The van der Waals surface area contributed by atoms with Gasteiger partial charge in [-0.2, -0.15) is 4.98 Å². The third-order valence-corrected chi connectivity index (χ3v) is 1.38. The first-order valence-corrected chi connectivity index (χ1v) is 4.01. The highest BCUT2D eigenvalue weighted by molar-refractivity contribution is 5.18. The number of nitrogens with two attached hydrogens (primary N) is 1. The van der Waals surface area contributed by atoms with Gasteiger partial charge in [-0.05, 0) is 0 Å². The van der Waals surface area contributed by atoms with Crippen LogP contribution in [0.1, 0.15) is 25.6 Å². The predicted octanol–water partition coefficient (Wildman–Crippen LogP) is 0.564. The Labute approximate surface area is 71.3 Å². The lowest BCUT2D eigenvalue weighted by Crippen LogP contribution is -2.13. The summed E-state index contributed by atoms with van der Waals surface area (Å²) in [5.41, 5.74) is 5.29. The number of nitrogens with one attached hydrogen (secondary N) is 1. The molecule has 1 heterocycles. The van der Waals surface area contributed by atoms with Crippen molar-refractivity contribution in [3.63, 3.8) is 0 Å². The lowest BCUT2D eigenvalue weighted by molar-refractivity contribution is 0.419. The van der Waals surface area contributed by atoms with Gasteiger partial charge in [-0.15, -0.1) is 0 Å². The number of hydrogen-bond donors (Lipinski definition) is 2. The average Bonchev–Trinajstić information content (AvgIpc) is 2.48. The molecule has 0 aliphatic rings. The minimum Gasteiger partial charge on any atom is -0.336 e. The van der Waals surface area contributed by atoms with Crippen LogP contribution in [0.5, 0.6) is 0 Å². The van der Waals surface area contributed by atoms with Crippen molar-refractivity contribution < 1.29 is 4.52 Å². The summed E-state index contributed by atoms with van der Waals surface area (Å²) in [6.07, 6.45) is 0. The van der Waals surface area contributed by atoms with E-state index in [1.165, 1.54) is 0 Å². The van der Waals surface area contributed by atoms with Crippen molar-refractivity contribution in [2.24, 2.45) is 5.73 Å². The van der Waals surface area contributed by atoms with Gasteiger partial charge in [0.1, 0.15) is 0 Å². The molecule has 5 nitrogen and oxygen atoms in total. The van der Waals surface area contributed by atoms with E-state index in [9.17, 15) is 0 Å². The Hall–Kier alpha value is -1.10. The van der Waals surface area contributed by atoms with Gasteiger partial charge in [-0.3, -0.25) is 0 Å². The van der Waals surface area contributed by atoms with E-state index in [4.69, 9.17) is 10.3 Å². The van der Waals surface area contributed by atoms with Crippen LogP contribution in [0.4, 0.5) is 6.01 Å². The van der Waals surface area contributed by atoms with Crippen molar-refractivity contribution in [1.82, 2.24) is 10.1 Å². The van der Waals surface area contributed by atoms with Gasteiger partial charge in [0, 0.05) is 19.0 Å². The fraction of sp³-hybridized carbons (Fsp3) is 0.714. The van der Waals surface area contributed by atoms with Crippen molar-refractivity contribution >= 4 is 6.01 Å². The summed E-state index contributed by atoms with van der Waals surface area (Å²) in [5, 5.41) is 6.68. The summed E-state index contributed by atoms with van der Waals surface area (Å²) in [7, 11) is 0. The van der Waals surface area contributed by atoms with Crippen LogP contribution in [-0.4, -0.2) is 23.2 Å². The molecular weight excluding hydrogens is 156 g/mol. The Morgan fingerprint density at radius 1 is 1.58 bits per heavy atom.